The van der Waals surface area contributed by atoms with Crippen LogP contribution in [0.25, 0.3) is 11.6 Å². The van der Waals surface area contributed by atoms with Crippen LogP contribution in [0.3, 0.4) is 0 Å². The summed E-state index contributed by atoms with van der Waals surface area (Å²) >= 11 is 12.0. The summed E-state index contributed by atoms with van der Waals surface area (Å²) in [6.07, 6.45) is 3.30. The van der Waals surface area contributed by atoms with Gasteiger partial charge in [-0.25, -0.2) is 0 Å². The van der Waals surface area contributed by atoms with E-state index in [9.17, 15) is 9.59 Å². The predicted octanol–water partition coefficient (Wildman–Crippen LogP) is 4.20. The van der Waals surface area contributed by atoms with Crippen molar-refractivity contribution in [2.75, 3.05) is 11.9 Å². The first-order valence-corrected chi connectivity index (χ1v) is 10.2. The Morgan fingerprint density at radius 1 is 1.23 bits per heavy atom. The topological polar surface area (TPSA) is 101 Å². The number of rotatable bonds is 6. The monoisotopic (exact) mass is 448 g/mol. The SMILES string of the molecule is O=C(Nc1cc(Cl)cc(Cl)c1)C1CCCN1C(=O)CCc1nc(-c2ccco2)no1. The fourth-order valence-electron chi connectivity index (χ4n) is 3.41. The Balaban J connectivity index is 1.35. The van der Waals surface area contributed by atoms with Crippen LogP contribution in [0.5, 0.6) is 0 Å². The lowest BCUT2D eigenvalue weighted by atomic mass is 10.2. The molecular weight excluding hydrogens is 431 g/mol. The van der Waals surface area contributed by atoms with Crippen LogP contribution >= 0.6 is 23.2 Å². The molecule has 10 heteroatoms. The number of likely N-dealkylation sites (tertiary alicyclic amines) is 1. The molecule has 1 atom stereocenters. The van der Waals surface area contributed by atoms with Gasteiger partial charge in [0, 0.05) is 35.1 Å². The van der Waals surface area contributed by atoms with Gasteiger partial charge in [0.05, 0.1) is 6.26 Å². The van der Waals surface area contributed by atoms with Crippen LogP contribution in [0.15, 0.2) is 45.5 Å². The van der Waals surface area contributed by atoms with Crippen LogP contribution in [0, 0.1) is 0 Å². The van der Waals surface area contributed by atoms with Crippen molar-refractivity contribution in [1.29, 1.82) is 0 Å². The molecule has 1 aliphatic rings. The average Bonchev–Trinajstić information content (AvgIpc) is 3.46. The molecule has 0 bridgehead atoms. The number of carbonyl (C=O) groups is 2. The second kappa shape index (κ2) is 8.89. The van der Waals surface area contributed by atoms with Crippen LogP contribution in [0.1, 0.15) is 25.2 Å². The highest BCUT2D eigenvalue weighted by Gasteiger charge is 2.34. The number of hydrogen-bond acceptors (Lipinski definition) is 6. The number of hydrogen-bond donors (Lipinski definition) is 1. The number of carbonyl (C=O) groups excluding carboxylic acids is 2. The number of amides is 2. The van der Waals surface area contributed by atoms with Gasteiger partial charge in [0.1, 0.15) is 6.04 Å². The molecule has 0 radical (unpaired) electrons. The lowest BCUT2D eigenvalue weighted by Crippen LogP contribution is -2.43. The molecule has 4 rings (SSSR count). The molecule has 3 heterocycles. The van der Waals surface area contributed by atoms with Gasteiger partial charge in [-0.2, -0.15) is 4.98 Å². The summed E-state index contributed by atoms with van der Waals surface area (Å²) < 4.78 is 10.4. The number of furan rings is 1. The van der Waals surface area contributed by atoms with E-state index >= 15 is 0 Å². The number of aryl methyl sites for hydroxylation is 1. The molecule has 2 aromatic heterocycles. The molecule has 3 aromatic rings. The van der Waals surface area contributed by atoms with Crippen molar-refractivity contribution >= 4 is 40.7 Å². The van der Waals surface area contributed by atoms with E-state index in [0.29, 0.717) is 46.2 Å². The van der Waals surface area contributed by atoms with Gasteiger partial charge in [0.2, 0.25) is 23.5 Å². The van der Waals surface area contributed by atoms with Crippen LogP contribution in [0.2, 0.25) is 10.0 Å². The highest BCUT2D eigenvalue weighted by molar-refractivity contribution is 6.35. The zero-order valence-electron chi connectivity index (χ0n) is 15.8. The highest BCUT2D eigenvalue weighted by atomic mass is 35.5. The van der Waals surface area contributed by atoms with Crippen molar-refractivity contribution in [1.82, 2.24) is 15.0 Å². The van der Waals surface area contributed by atoms with Gasteiger partial charge in [0.25, 0.3) is 0 Å². The van der Waals surface area contributed by atoms with E-state index in [-0.39, 0.29) is 24.7 Å². The molecular formula is C20H18Cl2N4O4. The van der Waals surface area contributed by atoms with Gasteiger partial charge >= 0.3 is 0 Å². The fourth-order valence-corrected chi connectivity index (χ4v) is 3.94. The Kier molecular flexibility index (Phi) is 6.06. The van der Waals surface area contributed by atoms with Gasteiger partial charge in [-0.1, -0.05) is 28.4 Å². The summed E-state index contributed by atoms with van der Waals surface area (Å²) in [4.78, 5) is 31.3. The minimum absolute atomic E-state index is 0.144. The summed E-state index contributed by atoms with van der Waals surface area (Å²) in [5, 5.41) is 7.48. The second-order valence-electron chi connectivity index (χ2n) is 6.88. The Morgan fingerprint density at radius 3 is 2.77 bits per heavy atom. The maximum Gasteiger partial charge on any atom is 0.247 e. The zero-order chi connectivity index (χ0) is 21.1. The van der Waals surface area contributed by atoms with E-state index in [0.717, 1.165) is 6.42 Å². The number of nitrogens with one attached hydrogen (secondary N) is 1. The molecule has 2 amide bonds. The van der Waals surface area contributed by atoms with Crippen molar-refractivity contribution in [3.63, 3.8) is 0 Å². The number of aromatic nitrogens is 2. The maximum atomic E-state index is 12.7. The Labute approximate surface area is 182 Å². The van der Waals surface area contributed by atoms with Crippen molar-refractivity contribution in [2.24, 2.45) is 0 Å². The molecule has 1 saturated heterocycles. The molecule has 0 spiro atoms. The van der Waals surface area contributed by atoms with Crippen molar-refractivity contribution in [3.05, 3.63) is 52.5 Å². The molecule has 1 aromatic carbocycles. The first-order chi connectivity index (χ1) is 14.5. The average molecular weight is 449 g/mol. The fraction of sp³-hybridized carbons (Fsp3) is 0.300. The molecule has 156 valence electrons. The zero-order valence-corrected chi connectivity index (χ0v) is 17.3. The smallest absolute Gasteiger partial charge is 0.247 e. The maximum absolute atomic E-state index is 12.7. The molecule has 8 nitrogen and oxygen atoms in total. The van der Waals surface area contributed by atoms with Crippen LogP contribution < -0.4 is 5.32 Å². The quantitative estimate of drug-likeness (QED) is 0.606. The summed E-state index contributed by atoms with van der Waals surface area (Å²) in [5.41, 5.74) is 0.494. The minimum atomic E-state index is -0.545. The van der Waals surface area contributed by atoms with Crippen molar-refractivity contribution in [2.45, 2.75) is 31.7 Å². The van der Waals surface area contributed by atoms with Gasteiger partial charge in [-0.15, -0.1) is 0 Å². The van der Waals surface area contributed by atoms with E-state index in [4.69, 9.17) is 32.1 Å². The van der Waals surface area contributed by atoms with E-state index in [1.807, 2.05) is 0 Å². The number of anilines is 1. The first kappa shape index (κ1) is 20.4. The summed E-state index contributed by atoms with van der Waals surface area (Å²) in [6, 6.07) is 7.71. The molecule has 1 aliphatic heterocycles. The number of halogens is 2. The van der Waals surface area contributed by atoms with Gasteiger partial charge < -0.3 is 19.2 Å². The summed E-state index contributed by atoms with van der Waals surface area (Å²) in [7, 11) is 0. The van der Waals surface area contributed by atoms with Crippen molar-refractivity contribution in [3.8, 4) is 11.6 Å². The lowest BCUT2D eigenvalue weighted by molar-refractivity contribution is -0.136. The van der Waals surface area contributed by atoms with Gasteiger partial charge in [-0.05, 0) is 43.2 Å². The van der Waals surface area contributed by atoms with E-state index in [1.54, 1.807) is 35.2 Å². The number of nitrogens with zero attached hydrogens (tertiary/aromatic N) is 3. The molecule has 30 heavy (non-hydrogen) atoms. The molecule has 1 unspecified atom stereocenters. The molecule has 1 N–H and O–H groups in total. The largest absolute Gasteiger partial charge is 0.461 e. The molecule has 0 saturated carbocycles. The normalized spacial score (nSPS) is 16.1. The Bertz CT molecular complexity index is 1030. The summed E-state index contributed by atoms with van der Waals surface area (Å²) in [5.74, 6) is 0.755. The third kappa shape index (κ3) is 4.66. The minimum Gasteiger partial charge on any atom is -0.461 e. The predicted molar refractivity (Wildman–Crippen MR) is 110 cm³/mol. The van der Waals surface area contributed by atoms with Crippen LogP contribution in [0.4, 0.5) is 5.69 Å². The lowest BCUT2D eigenvalue weighted by Gasteiger charge is -2.24. The van der Waals surface area contributed by atoms with Gasteiger partial charge in [0.15, 0.2) is 5.76 Å². The van der Waals surface area contributed by atoms with E-state index in [1.165, 1.54) is 6.26 Å². The third-order valence-electron chi connectivity index (χ3n) is 4.77. The van der Waals surface area contributed by atoms with E-state index in [2.05, 4.69) is 15.5 Å². The molecule has 0 aliphatic carbocycles. The Hall–Kier alpha value is -2.84. The second-order valence-corrected chi connectivity index (χ2v) is 7.75. The van der Waals surface area contributed by atoms with E-state index < -0.39 is 6.04 Å². The third-order valence-corrected chi connectivity index (χ3v) is 5.20. The number of benzene rings is 1. The highest BCUT2D eigenvalue weighted by Crippen LogP contribution is 2.25. The first-order valence-electron chi connectivity index (χ1n) is 9.42. The van der Waals surface area contributed by atoms with Crippen molar-refractivity contribution < 1.29 is 18.5 Å². The summed E-state index contributed by atoms with van der Waals surface area (Å²) in [6.45, 7) is 0.523. The molecule has 1 fully saturated rings. The Morgan fingerprint density at radius 2 is 2.03 bits per heavy atom. The van der Waals surface area contributed by atoms with Gasteiger partial charge in [-0.3, -0.25) is 9.59 Å². The standard InChI is InChI=1S/C20H18Cl2N4O4/c21-12-9-13(22)11-14(10-12)23-20(28)15-3-1-7-26(15)18(27)6-5-17-24-19(25-30-17)16-4-2-8-29-16/h2,4,8-11,15H,1,3,5-7H2,(H,23,28). The van der Waals surface area contributed by atoms with Crippen LogP contribution in [-0.4, -0.2) is 39.4 Å². The van der Waals surface area contributed by atoms with Crippen LogP contribution in [-0.2, 0) is 16.0 Å².